The number of carbonyl (C=O) groups is 3. The minimum atomic E-state index is -0.201. The van der Waals surface area contributed by atoms with Gasteiger partial charge in [-0.25, -0.2) is 0 Å². The molecule has 1 aliphatic heterocycles. The number of hydrogen-bond donors (Lipinski definition) is 3. The average Bonchev–Trinajstić information content (AvgIpc) is 2.79. The molecule has 0 radical (unpaired) electrons. The van der Waals surface area contributed by atoms with Gasteiger partial charge < -0.3 is 20.9 Å². The van der Waals surface area contributed by atoms with Crippen molar-refractivity contribution in [2.75, 3.05) is 35.6 Å². The van der Waals surface area contributed by atoms with E-state index >= 15 is 0 Å². The molecule has 176 valence electrons. The Morgan fingerprint density at radius 2 is 1.52 bits per heavy atom. The molecule has 0 aromatic heterocycles. The first-order valence-corrected chi connectivity index (χ1v) is 11.6. The van der Waals surface area contributed by atoms with Crippen molar-refractivity contribution in [2.24, 2.45) is 11.8 Å². The molecule has 0 atom stereocenters. The van der Waals surface area contributed by atoms with E-state index in [-0.39, 0.29) is 24.3 Å². The third kappa shape index (κ3) is 7.63. The summed E-state index contributed by atoms with van der Waals surface area (Å²) in [5.74, 6) is 0.773. The van der Waals surface area contributed by atoms with Gasteiger partial charge in [0.2, 0.25) is 11.8 Å². The van der Waals surface area contributed by atoms with Gasteiger partial charge in [-0.2, -0.15) is 0 Å². The minimum absolute atomic E-state index is 0.0263. The van der Waals surface area contributed by atoms with Gasteiger partial charge >= 0.3 is 0 Å². The summed E-state index contributed by atoms with van der Waals surface area (Å²) in [5, 5.41) is 8.76. The van der Waals surface area contributed by atoms with Crippen LogP contribution in [0.4, 0.5) is 17.1 Å². The third-order valence-electron chi connectivity index (χ3n) is 5.68. The number of likely N-dealkylation sites (tertiary alicyclic amines) is 1. The fraction of sp³-hybridized carbons (Fsp3) is 0.423. The summed E-state index contributed by atoms with van der Waals surface area (Å²) in [6, 6.07) is 14.3. The lowest BCUT2D eigenvalue weighted by Crippen LogP contribution is -2.37. The summed E-state index contributed by atoms with van der Waals surface area (Å²) < 4.78 is 0. The molecule has 3 rings (SSSR count). The van der Waals surface area contributed by atoms with Crippen LogP contribution in [0.25, 0.3) is 0 Å². The van der Waals surface area contributed by atoms with Gasteiger partial charge in [-0.05, 0) is 67.1 Å². The second kappa shape index (κ2) is 11.5. The molecule has 0 unspecified atom stereocenters. The number of nitrogens with one attached hydrogen (secondary N) is 3. The molecule has 0 aliphatic carbocycles. The Labute approximate surface area is 195 Å². The van der Waals surface area contributed by atoms with Crippen LogP contribution in [-0.2, 0) is 9.59 Å². The van der Waals surface area contributed by atoms with E-state index < -0.39 is 0 Å². The van der Waals surface area contributed by atoms with Crippen LogP contribution in [0.1, 0.15) is 50.4 Å². The van der Waals surface area contributed by atoms with E-state index in [4.69, 9.17) is 0 Å². The van der Waals surface area contributed by atoms with Crippen LogP contribution >= 0.6 is 0 Å². The van der Waals surface area contributed by atoms with Crippen molar-refractivity contribution in [2.45, 2.75) is 40.0 Å². The first-order chi connectivity index (χ1) is 15.8. The second-order valence-corrected chi connectivity index (χ2v) is 9.18. The second-order valence-electron chi connectivity index (χ2n) is 9.18. The summed E-state index contributed by atoms with van der Waals surface area (Å²) in [4.78, 5) is 38.9. The normalized spacial score (nSPS) is 14.1. The van der Waals surface area contributed by atoms with Crippen molar-refractivity contribution < 1.29 is 14.4 Å². The van der Waals surface area contributed by atoms with Gasteiger partial charge in [-0.15, -0.1) is 0 Å². The van der Waals surface area contributed by atoms with Gasteiger partial charge in [0.15, 0.2) is 0 Å². The summed E-state index contributed by atoms with van der Waals surface area (Å²) in [7, 11) is 0. The monoisotopic (exact) mass is 450 g/mol. The van der Waals surface area contributed by atoms with E-state index in [1.165, 1.54) is 0 Å². The topological polar surface area (TPSA) is 90.5 Å². The van der Waals surface area contributed by atoms with Crippen LogP contribution in [-0.4, -0.2) is 42.3 Å². The Morgan fingerprint density at radius 1 is 0.909 bits per heavy atom. The van der Waals surface area contributed by atoms with Gasteiger partial charge in [-0.1, -0.05) is 26.8 Å². The zero-order chi connectivity index (χ0) is 23.8. The average molecular weight is 451 g/mol. The van der Waals surface area contributed by atoms with Crippen molar-refractivity contribution in [3.05, 3.63) is 54.1 Å². The summed E-state index contributed by atoms with van der Waals surface area (Å²) in [6.07, 6.45) is 2.54. The van der Waals surface area contributed by atoms with Crippen LogP contribution < -0.4 is 16.0 Å². The molecule has 1 fully saturated rings. The van der Waals surface area contributed by atoms with Gasteiger partial charge in [0.25, 0.3) is 5.91 Å². The lowest BCUT2D eigenvalue weighted by molar-refractivity contribution is -0.117. The fourth-order valence-electron chi connectivity index (χ4n) is 3.76. The predicted octanol–water partition coefficient (Wildman–Crippen LogP) is 4.59. The number of carbonyl (C=O) groups excluding carboxylic acids is 3. The van der Waals surface area contributed by atoms with E-state index in [2.05, 4.69) is 22.9 Å². The Hall–Kier alpha value is -3.35. The number of nitrogens with zero attached hydrogens (tertiary/aromatic N) is 1. The molecule has 3 N–H and O–H groups in total. The Kier molecular flexibility index (Phi) is 8.46. The summed E-state index contributed by atoms with van der Waals surface area (Å²) in [5.41, 5.74) is 2.70. The summed E-state index contributed by atoms with van der Waals surface area (Å²) in [6.45, 7) is 7.87. The number of piperidine rings is 1. The van der Waals surface area contributed by atoms with Crippen molar-refractivity contribution in [3.63, 3.8) is 0 Å². The maximum Gasteiger partial charge on any atom is 0.253 e. The standard InChI is InChI=1S/C26H34N4O3/c1-18(2)15-24(31)28-21-7-9-22(10-8-21)29-25(32)17-27-23-6-4-5-20(16-23)26(33)30-13-11-19(3)12-14-30/h4-10,16,18-19,27H,11-15,17H2,1-3H3,(H,28,31)(H,29,32). The smallest absolute Gasteiger partial charge is 0.253 e. The third-order valence-corrected chi connectivity index (χ3v) is 5.68. The molecule has 7 nitrogen and oxygen atoms in total. The highest BCUT2D eigenvalue weighted by Gasteiger charge is 2.21. The molecule has 0 spiro atoms. The molecular weight excluding hydrogens is 416 g/mol. The zero-order valence-corrected chi connectivity index (χ0v) is 19.7. The van der Waals surface area contributed by atoms with E-state index in [0.717, 1.165) is 31.6 Å². The molecular formula is C26H34N4O3. The van der Waals surface area contributed by atoms with Crippen molar-refractivity contribution >= 4 is 34.8 Å². The maximum atomic E-state index is 12.8. The first-order valence-electron chi connectivity index (χ1n) is 11.6. The van der Waals surface area contributed by atoms with Crippen LogP contribution in [0.5, 0.6) is 0 Å². The predicted molar refractivity (Wildman–Crippen MR) is 132 cm³/mol. The van der Waals surface area contributed by atoms with Gasteiger partial charge in [0.05, 0.1) is 6.54 Å². The van der Waals surface area contributed by atoms with Crippen LogP contribution in [0.3, 0.4) is 0 Å². The molecule has 33 heavy (non-hydrogen) atoms. The number of anilines is 3. The maximum absolute atomic E-state index is 12.8. The van der Waals surface area contributed by atoms with Gasteiger partial charge in [0.1, 0.15) is 0 Å². The Balaban J connectivity index is 1.48. The highest BCUT2D eigenvalue weighted by atomic mass is 16.2. The highest BCUT2D eigenvalue weighted by molar-refractivity contribution is 5.96. The molecule has 2 aromatic rings. The quantitative estimate of drug-likeness (QED) is 0.548. The van der Waals surface area contributed by atoms with Crippen LogP contribution in [0.2, 0.25) is 0 Å². The number of benzene rings is 2. The Bertz CT molecular complexity index is 964. The van der Waals surface area contributed by atoms with Crippen molar-refractivity contribution in [1.82, 2.24) is 4.90 Å². The Morgan fingerprint density at radius 3 is 2.12 bits per heavy atom. The van der Waals surface area contributed by atoms with Crippen molar-refractivity contribution in [1.29, 1.82) is 0 Å². The first kappa shape index (κ1) is 24.3. The molecule has 1 aliphatic rings. The molecule has 2 aromatic carbocycles. The fourth-order valence-corrected chi connectivity index (χ4v) is 3.76. The van der Waals surface area contributed by atoms with Crippen LogP contribution in [0, 0.1) is 11.8 Å². The van der Waals surface area contributed by atoms with E-state index in [1.54, 1.807) is 30.3 Å². The van der Waals surface area contributed by atoms with E-state index in [9.17, 15) is 14.4 Å². The highest BCUT2D eigenvalue weighted by Crippen LogP contribution is 2.20. The number of amides is 3. The minimum Gasteiger partial charge on any atom is -0.376 e. The molecule has 1 saturated heterocycles. The lowest BCUT2D eigenvalue weighted by atomic mass is 9.98. The number of hydrogen-bond acceptors (Lipinski definition) is 4. The molecule has 1 heterocycles. The van der Waals surface area contributed by atoms with Gasteiger partial charge in [-0.3, -0.25) is 14.4 Å². The zero-order valence-electron chi connectivity index (χ0n) is 19.7. The van der Waals surface area contributed by atoms with E-state index in [0.29, 0.717) is 35.2 Å². The van der Waals surface area contributed by atoms with E-state index in [1.807, 2.05) is 36.9 Å². The number of rotatable bonds is 8. The molecule has 7 heteroatoms. The molecule has 0 bridgehead atoms. The largest absolute Gasteiger partial charge is 0.376 e. The van der Waals surface area contributed by atoms with Crippen molar-refractivity contribution in [3.8, 4) is 0 Å². The lowest BCUT2D eigenvalue weighted by Gasteiger charge is -2.30. The SMILES string of the molecule is CC(C)CC(=O)Nc1ccc(NC(=O)CNc2cccc(C(=O)N3CCC(C)CC3)c2)cc1. The van der Waals surface area contributed by atoms with Gasteiger partial charge in [0, 0.05) is 42.1 Å². The van der Waals surface area contributed by atoms with Crippen LogP contribution in [0.15, 0.2) is 48.5 Å². The molecule has 0 saturated carbocycles. The molecule has 3 amide bonds. The summed E-state index contributed by atoms with van der Waals surface area (Å²) >= 11 is 0.